The van der Waals surface area contributed by atoms with Gasteiger partial charge in [0.15, 0.2) is 0 Å². The predicted molar refractivity (Wildman–Crippen MR) is 108 cm³/mol. The van der Waals surface area contributed by atoms with Crippen molar-refractivity contribution < 1.29 is 4.39 Å². The molecule has 0 aliphatic rings. The van der Waals surface area contributed by atoms with Crippen molar-refractivity contribution in [3.05, 3.63) is 107 Å². The van der Waals surface area contributed by atoms with Crippen LogP contribution in [0, 0.1) is 29.5 Å². The number of halogens is 1. The lowest BCUT2D eigenvalue weighted by molar-refractivity contribution is 0.337. The molecule has 0 saturated heterocycles. The van der Waals surface area contributed by atoms with E-state index in [9.17, 15) is 4.39 Å². The van der Waals surface area contributed by atoms with Gasteiger partial charge in [0.1, 0.15) is 5.82 Å². The lowest BCUT2D eigenvalue weighted by Gasteiger charge is -2.16. The number of benzene rings is 3. The lowest BCUT2D eigenvalue weighted by atomic mass is 10.2. The monoisotopic (exact) mass is 353 g/mol. The summed E-state index contributed by atoms with van der Waals surface area (Å²) in [5.74, 6) is 12.6. The van der Waals surface area contributed by atoms with E-state index in [1.54, 1.807) is 12.1 Å². The van der Waals surface area contributed by atoms with E-state index >= 15 is 0 Å². The molecule has 1 nitrogen and oxygen atoms in total. The first-order chi connectivity index (χ1) is 13.3. The fourth-order valence-corrected chi connectivity index (χ4v) is 2.57. The van der Waals surface area contributed by atoms with Crippen LogP contribution in [-0.2, 0) is 6.54 Å². The summed E-state index contributed by atoms with van der Waals surface area (Å²) < 4.78 is 13.1. The van der Waals surface area contributed by atoms with Crippen molar-refractivity contribution in [2.24, 2.45) is 0 Å². The van der Waals surface area contributed by atoms with Crippen molar-refractivity contribution >= 4 is 0 Å². The molecule has 3 rings (SSSR count). The maximum absolute atomic E-state index is 13.1. The van der Waals surface area contributed by atoms with E-state index in [1.165, 1.54) is 12.1 Å². The summed E-state index contributed by atoms with van der Waals surface area (Å²) in [6, 6.07) is 26.4. The molecule has 0 spiro atoms. The fourth-order valence-electron chi connectivity index (χ4n) is 2.57. The van der Waals surface area contributed by atoms with Gasteiger partial charge in [0.05, 0.1) is 13.1 Å². The van der Waals surface area contributed by atoms with Gasteiger partial charge in [-0.25, -0.2) is 4.39 Å². The van der Waals surface area contributed by atoms with Crippen LogP contribution in [0.25, 0.3) is 0 Å². The maximum Gasteiger partial charge on any atom is 0.123 e. The van der Waals surface area contributed by atoms with E-state index in [-0.39, 0.29) is 5.82 Å². The summed E-state index contributed by atoms with van der Waals surface area (Å²) in [6.45, 7) is 1.86. The Morgan fingerprint density at radius 1 is 0.630 bits per heavy atom. The third-order valence-corrected chi connectivity index (χ3v) is 3.94. The highest BCUT2D eigenvalue weighted by Gasteiger charge is 2.03. The molecule has 0 N–H and O–H groups in total. The quantitative estimate of drug-likeness (QED) is 0.613. The van der Waals surface area contributed by atoms with Gasteiger partial charge in [0.25, 0.3) is 0 Å². The molecule has 27 heavy (non-hydrogen) atoms. The van der Waals surface area contributed by atoms with Crippen molar-refractivity contribution in [3.8, 4) is 23.7 Å². The number of hydrogen-bond acceptors (Lipinski definition) is 1. The smallest absolute Gasteiger partial charge is 0.123 e. The zero-order valence-electron chi connectivity index (χ0n) is 15.0. The fraction of sp³-hybridized carbons (Fsp3) is 0.120. The first-order valence-corrected chi connectivity index (χ1v) is 8.84. The summed E-state index contributed by atoms with van der Waals surface area (Å²) >= 11 is 0. The molecular weight excluding hydrogens is 333 g/mol. The average Bonchev–Trinajstić information content (AvgIpc) is 2.71. The standard InChI is InChI=1S/C25H20FN/c26-25-17-15-24(16-18-25)21-27(19-7-13-22-9-3-1-4-10-22)20-8-14-23-11-5-2-6-12-23/h1-6,9-12,15-18H,19-21H2. The van der Waals surface area contributed by atoms with E-state index in [0.29, 0.717) is 19.6 Å². The SMILES string of the molecule is Fc1ccc(CN(CC#Cc2ccccc2)CC#Cc2ccccc2)cc1. The molecule has 0 unspecified atom stereocenters. The van der Waals surface area contributed by atoms with Crippen LogP contribution in [-0.4, -0.2) is 18.0 Å². The number of hydrogen-bond donors (Lipinski definition) is 0. The second-order valence-electron chi connectivity index (χ2n) is 6.11. The lowest BCUT2D eigenvalue weighted by Crippen LogP contribution is -2.24. The summed E-state index contributed by atoms with van der Waals surface area (Å²) in [4.78, 5) is 2.15. The molecule has 3 aromatic rings. The first-order valence-electron chi connectivity index (χ1n) is 8.84. The molecule has 2 heteroatoms. The average molecular weight is 353 g/mol. The van der Waals surface area contributed by atoms with Crippen LogP contribution in [0.4, 0.5) is 4.39 Å². The first kappa shape index (κ1) is 18.5. The Kier molecular flexibility index (Phi) is 6.82. The molecular formula is C25H20FN. The van der Waals surface area contributed by atoms with Gasteiger partial charge in [0, 0.05) is 17.7 Å². The van der Waals surface area contributed by atoms with E-state index in [0.717, 1.165) is 16.7 Å². The van der Waals surface area contributed by atoms with Gasteiger partial charge in [-0.3, -0.25) is 4.90 Å². The van der Waals surface area contributed by atoms with Crippen LogP contribution >= 0.6 is 0 Å². The summed E-state index contributed by atoms with van der Waals surface area (Å²) in [6.07, 6.45) is 0. The Bertz CT molecular complexity index is 896. The van der Waals surface area contributed by atoms with Gasteiger partial charge < -0.3 is 0 Å². The number of rotatable bonds is 4. The largest absolute Gasteiger partial charge is 0.277 e. The van der Waals surface area contributed by atoms with Crippen LogP contribution in [0.5, 0.6) is 0 Å². The molecule has 0 amide bonds. The zero-order valence-corrected chi connectivity index (χ0v) is 15.0. The second kappa shape index (κ2) is 9.97. The normalized spacial score (nSPS) is 9.85. The molecule has 0 fully saturated rings. The van der Waals surface area contributed by atoms with E-state index in [1.807, 2.05) is 60.7 Å². The number of nitrogens with zero attached hydrogens (tertiary/aromatic N) is 1. The van der Waals surface area contributed by atoms with Gasteiger partial charge >= 0.3 is 0 Å². The topological polar surface area (TPSA) is 3.24 Å². The van der Waals surface area contributed by atoms with Gasteiger partial charge in [0.2, 0.25) is 0 Å². The Hall–Kier alpha value is -3.33. The molecule has 0 saturated carbocycles. The molecule has 0 bridgehead atoms. The second-order valence-corrected chi connectivity index (χ2v) is 6.11. The van der Waals surface area contributed by atoms with Crippen molar-refractivity contribution in [1.82, 2.24) is 4.90 Å². The summed E-state index contributed by atoms with van der Waals surface area (Å²) in [7, 11) is 0. The van der Waals surface area contributed by atoms with Crippen LogP contribution in [0.15, 0.2) is 84.9 Å². The molecule has 0 heterocycles. The highest BCUT2D eigenvalue weighted by atomic mass is 19.1. The minimum absolute atomic E-state index is 0.224. The molecule has 0 atom stereocenters. The van der Waals surface area contributed by atoms with E-state index in [4.69, 9.17) is 0 Å². The van der Waals surface area contributed by atoms with E-state index in [2.05, 4.69) is 28.6 Å². The minimum Gasteiger partial charge on any atom is -0.277 e. The highest BCUT2D eigenvalue weighted by Crippen LogP contribution is 2.06. The highest BCUT2D eigenvalue weighted by molar-refractivity contribution is 5.35. The van der Waals surface area contributed by atoms with Crippen LogP contribution in [0.3, 0.4) is 0 Å². The molecule has 0 aliphatic carbocycles. The Morgan fingerprint density at radius 2 is 1.11 bits per heavy atom. The predicted octanol–water partition coefficient (Wildman–Crippen LogP) is 4.73. The zero-order chi connectivity index (χ0) is 18.7. The van der Waals surface area contributed by atoms with Gasteiger partial charge in [-0.1, -0.05) is 72.2 Å². The van der Waals surface area contributed by atoms with Gasteiger partial charge in [-0.05, 0) is 42.0 Å². The Labute approximate surface area is 160 Å². The molecule has 0 aromatic heterocycles. The molecule has 0 radical (unpaired) electrons. The molecule has 3 aromatic carbocycles. The van der Waals surface area contributed by atoms with Crippen molar-refractivity contribution in [3.63, 3.8) is 0 Å². The Morgan fingerprint density at radius 3 is 1.59 bits per heavy atom. The van der Waals surface area contributed by atoms with Crippen molar-refractivity contribution in [2.75, 3.05) is 13.1 Å². The molecule has 0 aliphatic heterocycles. The molecule has 132 valence electrons. The van der Waals surface area contributed by atoms with Crippen LogP contribution in [0.2, 0.25) is 0 Å². The third kappa shape index (κ3) is 6.48. The Balaban J connectivity index is 1.69. The van der Waals surface area contributed by atoms with Crippen molar-refractivity contribution in [1.29, 1.82) is 0 Å². The van der Waals surface area contributed by atoms with Crippen LogP contribution < -0.4 is 0 Å². The van der Waals surface area contributed by atoms with Crippen molar-refractivity contribution in [2.45, 2.75) is 6.54 Å². The van der Waals surface area contributed by atoms with E-state index < -0.39 is 0 Å². The maximum atomic E-state index is 13.1. The van der Waals surface area contributed by atoms with Gasteiger partial charge in [-0.2, -0.15) is 0 Å². The van der Waals surface area contributed by atoms with Crippen LogP contribution in [0.1, 0.15) is 16.7 Å². The van der Waals surface area contributed by atoms with Gasteiger partial charge in [-0.15, -0.1) is 0 Å². The summed E-state index contributed by atoms with van der Waals surface area (Å²) in [5.41, 5.74) is 3.03. The summed E-state index contributed by atoms with van der Waals surface area (Å²) in [5, 5.41) is 0. The minimum atomic E-state index is -0.224. The third-order valence-electron chi connectivity index (χ3n) is 3.94.